The second-order valence-corrected chi connectivity index (χ2v) is 1.40. The fourth-order valence-corrected chi connectivity index (χ4v) is 0. The molecular formula is C4H7CuLi. The van der Waals surface area contributed by atoms with Crippen LogP contribution in [0.15, 0.2) is 12.2 Å². The van der Waals surface area contributed by atoms with Crippen LogP contribution in [0.5, 0.6) is 0 Å². The summed E-state index contributed by atoms with van der Waals surface area (Å²) in [5.74, 6) is 0. The zero-order valence-electron chi connectivity index (χ0n) is 4.22. The van der Waals surface area contributed by atoms with Gasteiger partial charge in [0, 0.05) is 18.9 Å². The number of hydrogen-bond acceptors (Lipinski definition) is 0. The van der Waals surface area contributed by atoms with Gasteiger partial charge in [-0.1, -0.05) is 0 Å². The van der Waals surface area contributed by atoms with Gasteiger partial charge in [-0.05, 0) is 0 Å². The molecule has 0 rings (SSSR count). The van der Waals surface area contributed by atoms with Gasteiger partial charge in [-0.3, -0.25) is 0 Å². The first-order chi connectivity index (χ1) is 2.27. The van der Waals surface area contributed by atoms with Crippen molar-refractivity contribution >= 4 is 18.9 Å². The molecule has 35 valence electrons. The van der Waals surface area contributed by atoms with Crippen LogP contribution in [0.3, 0.4) is 0 Å². The average molecular weight is 126 g/mol. The van der Waals surface area contributed by atoms with Gasteiger partial charge in [-0.2, -0.15) is 0 Å². The summed E-state index contributed by atoms with van der Waals surface area (Å²) in [6, 6.07) is 0. The van der Waals surface area contributed by atoms with Crippen molar-refractivity contribution in [2.75, 3.05) is 0 Å². The SMILES string of the molecule is C=C(C)[CH2][Cu].[Li]. The molecule has 0 saturated carbocycles. The molecule has 0 aromatic heterocycles. The van der Waals surface area contributed by atoms with Crippen LogP contribution in [-0.2, 0) is 16.0 Å². The molecule has 0 nitrogen and oxygen atoms in total. The zero-order valence-corrected chi connectivity index (χ0v) is 5.16. The molecule has 0 fully saturated rings. The van der Waals surface area contributed by atoms with E-state index in [9.17, 15) is 0 Å². The first-order valence-corrected chi connectivity index (χ1v) is 2.09. The van der Waals surface area contributed by atoms with E-state index in [4.69, 9.17) is 16.0 Å². The van der Waals surface area contributed by atoms with Crippen molar-refractivity contribution in [3.8, 4) is 0 Å². The Kier molecular flexibility index (Phi) is 9.73. The Labute approximate surface area is 59.4 Å². The summed E-state index contributed by atoms with van der Waals surface area (Å²) in [4.78, 5) is 0. The Morgan fingerprint density at radius 1 is 1.83 bits per heavy atom. The molecule has 0 unspecified atom stereocenters. The molecule has 0 aliphatic carbocycles. The molecule has 1 radical (unpaired) electrons. The number of rotatable bonds is 1. The molecule has 0 heterocycles. The van der Waals surface area contributed by atoms with E-state index < -0.39 is 0 Å². The van der Waals surface area contributed by atoms with Gasteiger partial charge in [-0.25, -0.2) is 0 Å². The van der Waals surface area contributed by atoms with E-state index >= 15 is 0 Å². The molecule has 0 aromatic carbocycles. The van der Waals surface area contributed by atoms with Crippen LogP contribution in [0, 0.1) is 0 Å². The van der Waals surface area contributed by atoms with E-state index in [1.165, 1.54) is 0 Å². The minimum absolute atomic E-state index is 0. The third-order valence-electron chi connectivity index (χ3n) is 0.182. The predicted molar refractivity (Wildman–Crippen MR) is 25.4 cm³/mol. The van der Waals surface area contributed by atoms with Gasteiger partial charge in [0.2, 0.25) is 0 Å². The van der Waals surface area contributed by atoms with Crippen LogP contribution in [0.4, 0.5) is 0 Å². The molecular weight excluding hydrogens is 119 g/mol. The Morgan fingerprint density at radius 2 is 2.00 bits per heavy atom. The summed E-state index contributed by atoms with van der Waals surface area (Å²) in [6.07, 6.45) is 0. The minimum Gasteiger partial charge on any atom is 0 e. The Morgan fingerprint density at radius 3 is 2.00 bits per heavy atom. The van der Waals surface area contributed by atoms with E-state index in [0.29, 0.717) is 5.32 Å². The van der Waals surface area contributed by atoms with Crippen LogP contribution < -0.4 is 0 Å². The molecule has 0 bridgehead atoms. The molecule has 0 aliphatic rings. The fraction of sp³-hybridized carbons (Fsp3) is 0.500. The molecule has 0 N–H and O–H groups in total. The van der Waals surface area contributed by atoms with Crippen LogP contribution >= 0.6 is 0 Å². The molecule has 2 heteroatoms. The van der Waals surface area contributed by atoms with Gasteiger partial charge >= 0.3 is 40.4 Å². The first kappa shape index (κ1) is 9.97. The molecule has 0 saturated heterocycles. The number of allylic oxidation sites excluding steroid dienone is 1. The van der Waals surface area contributed by atoms with Crippen LogP contribution in [0.25, 0.3) is 0 Å². The average Bonchev–Trinajstić information content (AvgIpc) is 1.38. The van der Waals surface area contributed by atoms with E-state index in [1.54, 1.807) is 0 Å². The van der Waals surface area contributed by atoms with E-state index in [1.807, 2.05) is 6.92 Å². The van der Waals surface area contributed by atoms with Crippen molar-refractivity contribution in [2.24, 2.45) is 0 Å². The third-order valence-corrected chi connectivity index (χ3v) is 0.750. The summed E-state index contributed by atoms with van der Waals surface area (Å²) in [5.41, 5.74) is 1.06. The van der Waals surface area contributed by atoms with Gasteiger partial charge in [0.05, 0.1) is 0 Å². The molecule has 0 amide bonds. The Balaban J connectivity index is 0. The maximum Gasteiger partial charge on any atom is 0 e. The van der Waals surface area contributed by atoms with Gasteiger partial charge in [-0.15, -0.1) is 0 Å². The van der Waals surface area contributed by atoms with Gasteiger partial charge in [0.1, 0.15) is 0 Å². The smallest absolute Gasteiger partial charge is 0 e. The van der Waals surface area contributed by atoms with Crippen molar-refractivity contribution in [3.63, 3.8) is 0 Å². The maximum atomic E-state index is 4.70. The number of hydrogen-bond donors (Lipinski definition) is 0. The monoisotopic (exact) mass is 125 g/mol. The normalized spacial score (nSPS) is 6.50. The third kappa shape index (κ3) is 8.85. The minimum atomic E-state index is 0. The van der Waals surface area contributed by atoms with Crippen molar-refractivity contribution in [2.45, 2.75) is 12.2 Å². The van der Waals surface area contributed by atoms with Crippen LogP contribution in [0.2, 0.25) is 5.32 Å². The van der Waals surface area contributed by atoms with Crippen LogP contribution in [-0.4, -0.2) is 18.9 Å². The molecule has 0 aromatic rings. The second kappa shape index (κ2) is 5.86. The summed E-state index contributed by atoms with van der Waals surface area (Å²) in [5, 5.41) is 0.674. The van der Waals surface area contributed by atoms with Gasteiger partial charge < -0.3 is 0 Å². The van der Waals surface area contributed by atoms with Gasteiger partial charge in [0.15, 0.2) is 0 Å². The van der Waals surface area contributed by atoms with Crippen LogP contribution in [0.1, 0.15) is 6.92 Å². The largest absolute Gasteiger partial charge is 0 e. The standard InChI is InChI=1S/C4H7.Cu.Li/c1-4(2)3;;/h1-2H2,3H3;;. The van der Waals surface area contributed by atoms with Gasteiger partial charge in [0.25, 0.3) is 0 Å². The Bertz CT molecular complexity index is 42.8. The second-order valence-electron chi connectivity index (χ2n) is 1.06. The summed E-state index contributed by atoms with van der Waals surface area (Å²) < 4.78 is 0. The fourth-order valence-electron chi connectivity index (χ4n) is 0. The van der Waals surface area contributed by atoms with Crippen molar-refractivity contribution in [1.29, 1.82) is 0 Å². The summed E-state index contributed by atoms with van der Waals surface area (Å²) >= 11 is 4.70. The van der Waals surface area contributed by atoms with E-state index in [0.717, 1.165) is 5.57 Å². The topological polar surface area (TPSA) is 0 Å². The van der Waals surface area contributed by atoms with E-state index in [-0.39, 0.29) is 18.9 Å². The quantitative estimate of drug-likeness (QED) is 0.364. The van der Waals surface area contributed by atoms with Crippen molar-refractivity contribution in [3.05, 3.63) is 12.2 Å². The first-order valence-electron chi connectivity index (χ1n) is 1.42. The van der Waals surface area contributed by atoms with E-state index in [2.05, 4.69) is 6.58 Å². The predicted octanol–water partition coefficient (Wildman–Crippen LogP) is 1.15. The molecule has 0 spiro atoms. The van der Waals surface area contributed by atoms with Crippen molar-refractivity contribution in [1.82, 2.24) is 0 Å². The summed E-state index contributed by atoms with van der Waals surface area (Å²) in [6.45, 7) is 5.48. The molecule has 0 atom stereocenters. The zero-order chi connectivity index (χ0) is 4.28. The Hall–Kier alpha value is 0.857. The maximum absolute atomic E-state index is 4.70. The molecule has 0 aliphatic heterocycles. The summed E-state index contributed by atoms with van der Waals surface area (Å²) in [7, 11) is 0. The van der Waals surface area contributed by atoms with Crippen molar-refractivity contribution < 1.29 is 16.0 Å². The molecule has 6 heavy (non-hydrogen) atoms.